The number of hydrogen-bond donors (Lipinski definition) is 3. The number of aliphatic carboxylic acids is 1. The fourth-order valence-corrected chi connectivity index (χ4v) is 1.27. The van der Waals surface area contributed by atoms with Gasteiger partial charge in [0.05, 0.1) is 17.8 Å². The Hall–Kier alpha value is -1.76. The van der Waals surface area contributed by atoms with Gasteiger partial charge in [0, 0.05) is 6.54 Å². The van der Waals surface area contributed by atoms with E-state index in [1.54, 1.807) is 0 Å². The zero-order chi connectivity index (χ0) is 12.3. The lowest BCUT2D eigenvalue weighted by Crippen LogP contribution is -2.11. The zero-order valence-corrected chi connectivity index (χ0v) is 8.28. The maximum Gasteiger partial charge on any atom is 0.309 e. The standard InChI is InChI=1S/C9H11F2N3O2/c10-9(11)8-7(13)4(3-12)1-5(14-8)2-6(15)16/h1,9H,2-3,12-13H2,(H,15,16). The van der Waals surface area contributed by atoms with Crippen molar-refractivity contribution in [1.29, 1.82) is 0 Å². The van der Waals surface area contributed by atoms with Crippen molar-refractivity contribution in [1.82, 2.24) is 4.98 Å². The molecule has 16 heavy (non-hydrogen) atoms. The Morgan fingerprint density at radius 1 is 1.56 bits per heavy atom. The van der Waals surface area contributed by atoms with Gasteiger partial charge in [-0.05, 0) is 11.6 Å². The van der Waals surface area contributed by atoms with Crippen LogP contribution in [0.15, 0.2) is 6.07 Å². The number of rotatable bonds is 4. The van der Waals surface area contributed by atoms with E-state index in [9.17, 15) is 13.6 Å². The van der Waals surface area contributed by atoms with E-state index < -0.39 is 24.5 Å². The maximum absolute atomic E-state index is 12.5. The Morgan fingerprint density at radius 2 is 2.19 bits per heavy atom. The van der Waals surface area contributed by atoms with E-state index in [-0.39, 0.29) is 23.5 Å². The van der Waals surface area contributed by atoms with Gasteiger partial charge in [0.1, 0.15) is 5.69 Å². The highest BCUT2D eigenvalue weighted by Gasteiger charge is 2.18. The van der Waals surface area contributed by atoms with Gasteiger partial charge in [-0.2, -0.15) is 0 Å². The van der Waals surface area contributed by atoms with Crippen molar-refractivity contribution >= 4 is 11.7 Å². The molecule has 0 aliphatic heterocycles. The monoisotopic (exact) mass is 231 g/mol. The summed E-state index contributed by atoms with van der Waals surface area (Å²) in [6.45, 7) is -0.0410. The Morgan fingerprint density at radius 3 is 2.62 bits per heavy atom. The summed E-state index contributed by atoms with van der Waals surface area (Å²) >= 11 is 0. The summed E-state index contributed by atoms with van der Waals surface area (Å²) in [5.74, 6) is -1.15. The van der Waals surface area contributed by atoms with Gasteiger partial charge in [0.2, 0.25) is 0 Å². The first-order valence-corrected chi connectivity index (χ1v) is 4.43. The first-order valence-electron chi connectivity index (χ1n) is 4.43. The predicted molar refractivity (Wildman–Crippen MR) is 52.8 cm³/mol. The number of anilines is 1. The Balaban J connectivity index is 3.22. The van der Waals surface area contributed by atoms with Crippen LogP contribution in [-0.4, -0.2) is 16.1 Å². The molecule has 1 rings (SSSR count). The molecule has 88 valence electrons. The first kappa shape index (κ1) is 12.3. The van der Waals surface area contributed by atoms with Crippen LogP contribution in [0.3, 0.4) is 0 Å². The third-order valence-corrected chi connectivity index (χ3v) is 1.99. The number of alkyl halides is 2. The molecule has 0 spiro atoms. The maximum atomic E-state index is 12.5. The number of nitrogens with two attached hydrogens (primary N) is 2. The molecule has 7 heteroatoms. The van der Waals surface area contributed by atoms with Crippen LogP contribution in [0.2, 0.25) is 0 Å². The number of carboxylic acid groups (broad SMARTS) is 1. The molecule has 5 nitrogen and oxygen atoms in total. The quantitative estimate of drug-likeness (QED) is 0.707. The van der Waals surface area contributed by atoms with Crippen molar-refractivity contribution in [3.63, 3.8) is 0 Å². The first-order chi connectivity index (χ1) is 7.45. The van der Waals surface area contributed by atoms with Gasteiger partial charge < -0.3 is 16.6 Å². The van der Waals surface area contributed by atoms with E-state index in [0.717, 1.165) is 0 Å². The van der Waals surface area contributed by atoms with Gasteiger partial charge in [0.25, 0.3) is 6.43 Å². The van der Waals surface area contributed by atoms with Gasteiger partial charge in [-0.25, -0.2) is 13.8 Å². The lowest BCUT2D eigenvalue weighted by molar-refractivity contribution is -0.136. The second-order valence-corrected chi connectivity index (χ2v) is 3.15. The molecule has 0 aromatic carbocycles. The summed E-state index contributed by atoms with van der Waals surface area (Å²) in [5, 5.41) is 8.54. The van der Waals surface area contributed by atoms with E-state index >= 15 is 0 Å². The molecular formula is C9H11F2N3O2. The molecule has 0 saturated carbocycles. The summed E-state index contributed by atoms with van der Waals surface area (Å²) < 4.78 is 25.1. The summed E-state index contributed by atoms with van der Waals surface area (Å²) in [7, 11) is 0. The molecule has 0 fully saturated rings. The number of nitrogen functional groups attached to an aromatic ring is 1. The molecule has 5 N–H and O–H groups in total. The normalized spacial score (nSPS) is 10.8. The summed E-state index contributed by atoms with van der Waals surface area (Å²) in [6.07, 6.45) is -3.29. The third-order valence-electron chi connectivity index (χ3n) is 1.99. The number of halogens is 2. The number of hydrogen-bond acceptors (Lipinski definition) is 4. The Bertz CT molecular complexity index is 410. The number of carbonyl (C=O) groups is 1. The molecule has 1 aromatic rings. The number of carboxylic acids is 1. The summed E-state index contributed by atoms with van der Waals surface area (Å²) in [6, 6.07) is 1.33. The van der Waals surface area contributed by atoms with Gasteiger partial charge in [0.15, 0.2) is 0 Å². The van der Waals surface area contributed by atoms with Crippen LogP contribution in [0.4, 0.5) is 14.5 Å². The van der Waals surface area contributed by atoms with Crippen LogP contribution in [-0.2, 0) is 17.8 Å². The minimum atomic E-state index is -2.85. The fourth-order valence-electron chi connectivity index (χ4n) is 1.27. The highest BCUT2D eigenvalue weighted by atomic mass is 19.3. The molecule has 0 atom stereocenters. The minimum Gasteiger partial charge on any atom is -0.481 e. The summed E-state index contributed by atoms with van der Waals surface area (Å²) in [5.41, 5.74) is 10.3. The molecule has 0 unspecified atom stereocenters. The van der Waals surface area contributed by atoms with E-state index in [1.807, 2.05) is 0 Å². The van der Waals surface area contributed by atoms with Crippen LogP contribution in [0.1, 0.15) is 23.4 Å². The SMILES string of the molecule is NCc1cc(CC(=O)O)nc(C(F)F)c1N. The molecule has 0 radical (unpaired) electrons. The second-order valence-electron chi connectivity index (χ2n) is 3.15. The molecule has 0 amide bonds. The molecule has 0 aliphatic carbocycles. The van der Waals surface area contributed by atoms with Crippen molar-refractivity contribution in [2.24, 2.45) is 5.73 Å². The highest BCUT2D eigenvalue weighted by Crippen LogP contribution is 2.26. The molecule has 0 saturated heterocycles. The number of nitrogens with zero attached hydrogens (tertiary/aromatic N) is 1. The molecule has 1 aromatic heterocycles. The van der Waals surface area contributed by atoms with Gasteiger partial charge in [-0.3, -0.25) is 4.79 Å². The predicted octanol–water partition coefficient (Wildman–Crippen LogP) is 0.687. The Labute approximate surface area is 90.1 Å². The zero-order valence-electron chi connectivity index (χ0n) is 8.28. The number of aromatic nitrogens is 1. The minimum absolute atomic E-state index is 0.0254. The van der Waals surface area contributed by atoms with Gasteiger partial charge >= 0.3 is 5.97 Å². The smallest absolute Gasteiger partial charge is 0.309 e. The van der Waals surface area contributed by atoms with E-state index in [2.05, 4.69) is 4.98 Å². The van der Waals surface area contributed by atoms with E-state index in [1.165, 1.54) is 6.07 Å². The topological polar surface area (TPSA) is 102 Å². The fraction of sp³-hybridized carbons (Fsp3) is 0.333. The van der Waals surface area contributed by atoms with Crippen LogP contribution < -0.4 is 11.5 Å². The van der Waals surface area contributed by atoms with Crippen molar-refractivity contribution in [3.8, 4) is 0 Å². The second kappa shape index (κ2) is 4.84. The van der Waals surface area contributed by atoms with Crippen molar-refractivity contribution in [2.45, 2.75) is 19.4 Å². The molecule has 1 heterocycles. The van der Waals surface area contributed by atoms with E-state index in [4.69, 9.17) is 16.6 Å². The van der Waals surface area contributed by atoms with Crippen LogP contribution in [0.5, 0.6) is 0 Å². The average Bonchev–Trinajstić information content (AvgIpc) is 2.19. The molecule has 0 aliphatic rings. The van der Waals surface area contributed by atoms with Crippen molar-refractivity contribution < 1.29 is 18.7 Å². The average molecular weight is 231 g/mol. The molecular weight excluding hydrogens is 220 g/mol. The van der Waals surface area contributed by atoms with Crippen molar-refractivity contribution in [2.75, 3.05) is 5.73 Å². The lowest BCUT2D eigenvalue weighted by Gasteiger charge is -2.10. The largest absolute Gasteiger partial charge is 0.481 e. The van der Waals surface area contributed by atoms with Gasteiger partial charge in [-0.1, -0.05) is 0 Å². The van der Waals surface area contributed by atoms with Crippen molar-refractivity contribution in [3.05, 3.63) is 23.0 Å². The van der Waals surface area contributed by atoms with Crippen LogP contribution in [0.25, 0.3) is 0 Å². The van der Waals surface area contributed by atoms with Gasteiger partial charge in [-0.15, -0.1) is 0 Å². The third kappa shape index (κ3) is 2.63. The number of pyridine rings is 1. The van der Waals surface area contributed by atoms with Crippen LogP contribution >= 0.6 is 0 Å². The highest BCUT2D eigenvalue weighted by molar-refractivity contribution is 5.70. The Kier molecular flexibility index (Phi) is 3.73. The summed E-state index contributed by atoms with van der Waals surface area (Å²) in [4.78, 5) is 14.0. The lowest BCUT2D eigenvalue weighted by atomic mass is 10.1. The van der Waals surface area contributed by atoms with E-state index in [0.29, 0.717) is 0 Å². The molecule has 0 bridgehead atoms. The van der Waals surface area contributed by atoms with Crippen LogP contribution in [0, 0.1) is 0 Å².